The Morgan fingerprint density at radius 2 is 1.65 bits per heavy atom. The summed E-state index contributed by atoms with van der Waals surface area (Å²) in [7, 11) is 0. The number of nitrogens with one attached hydrogen (secondary N) is 1. The Labute approximate surface area is 134 Å². The highest BCUT2D eigenvalue weighted by molar-refractivity contribution is 5.72. The van der Waals surface area contributed by atoms with Crippen molar-refractivity contribution in [3.8, 4) is 11.3 Å². The van der Waals surface area contributed by atoms with Gasteiger partial charge in [0.05, 0.1) is 12.6 Å². The number of anilines is 2. The number of nitrogens with two attached hydrogens (primary N) is 1. The van der Waals surface area contributed by atoms with Crippen LogP contribution < -0.4 is 11.1 Å². The van der Waals surface area contributed by atoms with Gasteiger partial charge >= 0.3 is 0 Å². The molecule has 1 aromatic heterocycles. The monoisotopic (exact) mass is 306 g/mol. The summed E-state index contributed by atoms with van der Waals surface area (Å²) in [6.45, 7) is -0.0399. The zero-order valence-corrected chi connectivity index (χ0v) is 12.6. The lowest BCUT2D eigenvalue weighted by Crippen LogP contribution is -2.16. The number of aliphatic hydroxyl groups is 1. The van der Waals surface area contributed by atoms with E-state index in [2.05, 4.69) is 15.3 Å². The van der Waals surface area contributed by atoms with E-state index in [1.54, 1.807) is 12.4 Å². The van der Waals surface area contributed by atoms with Gasteiger partial charge in [0.1, 0.15) is 5.69 Å². The van der Waals surface area contributed by atoms with E-state index < -0.39 is 0 Å². The van der Waals surface area contributed by atoms with Crippen LogP contribution in [0.3, 0.4) is 0 Å². The smallest absolute Gasteiger partial charge is 0.153 e. The molecule has 1 heterocycles. The van der Waals surface area contributed by atoms with Crippen LogP contribution in [0.15, 0.2) is 67.0 Å². The molecule has 0 bridgehead atoms. The minimum absolute atomic E-state index is 0.0399. The van der Waals surface area contributed by atoms with E-state index >= 15 is 0 Å². The highest BCUT2D eigenvalue weighted by Gasteiger charge is 2.14. The second-order valence-corrected chi connectivity index (χ2v) is 5.17. The van der Waals surface area contributed by atoms with Crippen LogP contribution in [0.4, 0.5) is 11.5 Å². The molecule has 0 radical (unpaired) electrons. The number of hydrogen-bond donors (Lipinski definition) is 3. The number of nitrogens with zero attached hydrogens (tertiary/aromatic N) is 2. The van der Waals surface area contributed by atoms with E-state index in [1.807, 2.05) is 54.6 Å². The Kier molecular flexibility index (Phi) is 4.49. The van der Waals surface area contributed by atoms with E-state index in [0.29, 0.717) is 11.5 Å². The summed E-state index contributed by atoms with van der Waals surface area (Å²) in [5.74, 6) is 0.625. The van der Waals surface area contributed by atoms with Crippen molar-refractivity contribution in [1.82, 2.24) is 9.97 Å². The van der Waals surface area contributed by atoms with Crippen LogP contribution in [0.5, 0.6) is 0 Å². The van der Waals surface area contributed by atoms with Gasteiger partial charge in [-0.2, -0.15) is 0 Å². The predicted molar refractivity (Wildman–Crippen MR) is 91.8 cm³/mol. The zero-order valence-electron chi connectivity index (χ0n) is 12.6. The first kappa shape index (κ1) is 15.0. The summed E-state index contributed by atoms with van der Waals surface area (Å²) in [5.41, 5.74) is 9.07. The van der Waals surface area contributed by atoms with Crippen LogP contribution >= 0.6 is 0 Å². The topological polar surface area (TPSA) is 84.1 Å². The molecule has 0 aliphatic carbocycles. The molecule has 1 atom stereocenters. The molecule has 2 aromatic carbocycles. The highest BCUT2D eigenvalue weighted by Crippen LogP contribution is 2.27. The standard InChI is InChI=1S/C18H18N4O/c19-15-8-6-14(7-9-15)17-18(21-11-10-20-17)22-16(12-23)13-4-2-1-3-5-13/h1-11,16,23H,12,19H2,(H,21,22). The maximum atomic E-state index is 9.71. The van der Waals surface area contributed by atoms with E-state index in [4.69, 9.17) is 5.73 Å². The number of nitrogen functional groups attached to an aromatic ring is 1. The van der Waals surface area contributed by atoms with Gasteiger partial charge in [-0.15, -0.1) is 0 Å². The van der Waals surface area contributed by atoms with E-state index in [-0.39, 0.29) is 12.6 Å². The van der Waals surface area contributed by atoms with Gasteiger partial charge < -0.3 is 16.2 Å². The average Bonchev–Trinajstić information content (AvgIpc) is 2.61. The molecule has 0 aliphatic rings. The number of aliphatic hydroxyl groups excluding tert-OH is 1. The number of aromatic nitrogens is 2. The van der Waals surface area contributed by atoms with Gasteiger partial charge in [-0.1, -0.05) is 42.5 Å². The van der Waals surface area contributed by atoms with Crippen molar-refractivity contribution >= 4 is 11.5 Å². The van der Waals surface area contributed by atoms with Crippen LogP contribution in [-0.4, -0.2) is 21.7 Å². The number of benzene rings is 2. The zero-order chi connectivity index (χ0) is 16.1. The lowest BCUT2D eigenvalue weighted by Gasteiger charge is -2.19. The first-order chi connectivity index (χ1) is 11.3. The van der Waals surface area contributed by atoms with Gasteiger partial charge in [-0.05, 0) is 17.7 Å². The second-order valence-electron chi connectivity index (χ2n) is 5.17. The summed E-state index contributed by atoms with van der Waals surface area (Å²) >= 11 is 0. The van der Waals surface area contributed by atoms with Gasteiger partial charge in [0.25, 0.3) is 0 Å². The molecule has 3 rings (SSSR count). The first-order valence-corrected chi connectivity index (χ1v) is 7.37. The Bertz CT molecular complexity index is 759. The molecule has 5 nitrogen and oxygen atoms in total. The van der Waals surface area contributed by atoms with Gasteiger partial charge in [-0.3, -0.25) is 4.98 Å². The Balaban J connectivity index is 1.92. The van der Waals surface area contributed by atoms with Crippen molar-refractivity contribution in [2.45, 2.75) is 6.04 Å². The van der Waals surface area contributed by atoms with E-state index in [9.17, 15) is 5.11 Å². The summed E-state index contributed by atoms with van der Waals surface area (Å²) in [5, 5.41) is 13.0. The highest BCUT2D eigenvalue weighted by atomic mass is 16.3. The summed E-state index contributed by atoms with van der Waals surface area (Å²) in [6, 6.07) is 17.0. The first-order valence-electron chi connectivity index (χ1n) is 7.37. The molecule has 0 aliphatic heterocycles. The third-order valence-electron chi connectivity index (χ3n) is 3.58. The van der Waals surface area contributed by atoms with Crippen molar-refractivity contribution in [3.63, 3.8) is 0 Å². The molecule has 5 heteroatoms. The van der Waals surface area contributed by atoms with Crippen molar-refractivity contribution < 1.29 is 5.11 Å². The molecule has 0 saturated carbocycles. The van der Waals surface area contributed by atoms with Gasteiger partial charge in [-0.25, -0.2) is 4.98 Å². The molecular formula is C18H18N4O. The van der Waals surface area contributed by atoms with Crippen LogP contribution in [0, 0.1) is 0 Å². The van der Waals surface area contributed by atoms with Crippen molar-refractivity contribution in [1.29, 1.82) is 0 Å². The van der Waals surface area contributed by atoms with Crippen molar-refractivity contribution in [2.24, 2.45) is 0 Å². The quantitative estimate of drug-likeness (QED) is 0.631. The molecule has 0 spiro atoms. The minimum atomic E-state index is -0.250. The number of rotatable bonds is 5. The van der Waals surface area contributed by atoms with Crippen molar-refractivity contribution in [3.05, 3.63) is 72.6 Å². The fourth-order valence-electron chi connectivity index (χ4n) is 2.38. The predicted octanol–water partition coefficient (Wildman–Crippen LogP) is 2.87. The van der Waals surface area contributed by atoms with Crippen LogP contribution in [0.1, 0.15) is 11.6 Å². The largest absolute Gasteiger partial charge is 0.399 e. The Morgan fingerprint density at radius 3 is 2.35 bits per heavy atom. The maximum Gasteiger partial charge on any atom is 0.153 e. The van der Waals surface area contributed by atoms with Gasteiger partial charge in [0.2, 0.25) is 0 Å². The van der Waals surface area contributed by atoms with Gasteiger partial charge in [0.15, 0.2) is 5.82 Å². The second kappa shape index (κ2) is 6.89. The normalized spacial score (nSPS) is 11.9. The summed E-state index contributed by atoms with van der Waals surface area (Å²) in [6.07, 6.45) is 3.27. The molecule has 0 saturated heterocycles. The third kappa shape index (κ3) is 3.46. The SMILES string of the molecule is Nc1ccc(-c2nccnc2NC(CO)c2ccccc2)cc1. The molecule has 0 fully saturated rings. The molecule has 0 amide bonds. The Morgan fingerprint density at radius 1 is 0.957 bits per heavy atom. The molecule has 23 heavy (non-hydrogen) atoms. The molecule has 4 N–H and O–H groups in total. The molecule has 1 unspecified atom stereocenters. The fraction of sp³-hybridized carbons (Fsp3) is 0.111. The molecule has 3 aromatic rings. The van der Waals surface area contributed by atoms with Crippen LogP contribution in [0.25, 0.3) is 11.3 Å². The third-order valence-corrected chi connectivity index (χ3v) is 3.58. The maximum absolute atomic E-state index is 9.71. The minimum Gasteiger partial charge on any atom is -0.399 e. The van der Waals surface area contributed by atoms with E-state index in [1.165, 1.54) is 0 Å². The molecule has 116 valence electrons. The lowest BCUT2D eigenvalue weighted by molar-refractivity contribution is 0.276. The average molecular weight is 306 g/mol. The number of hydrogen-bond acceptors (Lipinski definition) is 5. The van der Waals surface area contributed by atoms with E-state index in [0.717, 1.165) is 16.8 Å². The Hall–Kier alpha value is -2.92. The lowest BCUT2D eigenvalue weighted by atomic mass is 10.1. The fourth-order valence-corrected chi connectivity index (χ4v) is 2.38. The van der Waals surface area contributed by atoms with Crippen LogP contribution in [-0.2, 0) is 0 Å². The summed E-state index contributed by atoms with van der Waals surface area (Å²) in [4.78, 5) is 8.79. The van der Waals surface area contributed by atoms with Gasteiger partial charge in [0, 0.05) is 23.6 Å². The molecular weight excluding hydrogens is 288 g/mol. The van der Waals surface area contributed by atoms with Crippen LogP contribution in [0.2, 0.25) is 0 Å². The summed E-state index contributed by atoms with van der Waals surface area (Å²) < 4.78 is 0. The van der Waals surface area contributed by atoms with Crippen molar-refractivity contribution in [2.75, 3.05) is 17.7 Å².